The summed E-state index contributed by atoms with van der Waals surface area (Å²) in [7, 11) is 1.91. The summed E-state index contributed by atoms with van der Waals surface area (Å²) < 4.78 is 3.58. The number of imidazole rings is 1. The summed E-state index contributed by atoms with van der Waals surface area (Å²) in [5, 5.41) is 13.5. The summed E-state index contributed by atoms with van der Waals surface area (Å²) in [6.07, 6.45) is 4.78. The molecule has 8 nitrogen and oxygen atoms in total. The summed E-state index contributed by atoms with van der Waals surface area (Å²) in [5.74, 6) is 0.909. The third kappa shape index (κ3) is 2.96. The largest absolute Gasteiger partial charge is 0.364 e. The standard InChI is InChI=1S/C20H21N7O/c1-25-17-5-3-2-4-15(17)16(23-25)12-20(28)26-10-8-14(13-26)22-18-6-7-19-21-9-11-27(19)24-18/h2-7,9,11,14H,8,10,12-13H2,1H3,(H,22,24)/t14-/m0/s1. The number of nitrogens with one attached hydrogen (secondary N) is 1. The fraction of sp³-hybridized carbons (Fsp3) is 0.300. The van der Waals surface area contributed by atoms with Crippen molar-refractivity contribution in [2.45, 2.75) is 18.9 Å². The predicted molar refractivity (Wildman–Crippen MR) is 106 cm³/mol. The zero-order valence-corrected chi connectivity index (χ0v) is 15.6. The summed E-state index contributed by atoms with van der Waals surface area (Å²) in [4.78, 5) is 18.9. The summed E-state index contributed by atoms with van der Waals surface area (Å²) >= 11 is 0. The third-order valence-electron chi connectivity index (χ3n) is 5.30. The van der Waals surface area contributed by atoms with Crippen molar-refractivity contribution in [3.05, 3.63) is 54.5 Å². The Morgan fingerprint density at radius 3 is 3.04 bits per heavy atom. The Morgan fingerprint density at radius 2 is 2.11 bits per heavy atom. The van der Waals surface area contributed by atoms with Crippen molar-refractivity contribution in [1.29, 1.82) is 0 Å². The zero-order chi connectivity index (χ0) is 19.1. The van der Waals surface area contributed by atoms with E-state index in [1.54, 1.807) is 10.7 Å². The number of carbonyl (C=O) groups excluding carboxylic acids is 1. The predicted octanol–water partition coefficient (Wildman–Crippen LogP) is 1.87. The van der Waals surface area contributed by atoms with Crippen LogP contribution in [0, 0.1) is 0 Å². The summed E-state index contributed by atoms with van der Waals surface area (Å²) in [5.41, 5.74) is 2.70. The summed E-state index contributed by atoms with van der Waals surface area (Å²) in [6, 6.07) is 12.1. The molecule has 0 spiro atoms. The van der Waals surface area contributed by atoms with Gasteiger partial charge in [-0.25, -0.2) is 9.50 Å². The quantitative estimate of drug-likeness (QED) is 0.589. The molecule has 0 saturated carbocycles. The van der Waals surface area contributed by atoms with Crippen LogP contribution in [0.1, 0.15) is 12.1 Å². The van der Waals surface area contributed by atoms with Crippen LogP contribution in [0.15, 0.2) is 48.8 Å². The number of amides is 1. The number of hydrogen-bond donors (Lipinski definition) is 1. The van der Waals surface area contributed by atoms with Gasteiger partial charge in [0.15, 0.2) is 5.65 Å². The molecule has 142 valence electrons. The number of anilines is 1. The minimum atomic E-state index is 0.117. The van der Waals surface area contributed by atoms with Crippen molar-refractivity contribution in [1.82, 2.24) is 29.3 Å². The number of rotatable bonds is 4. The van der Waals surface area contributed by atoms with Gasteiger partial charge in [0, 0.05) is 44.0 Å². The highest BCUT2D eigenvalue weighted by Crippen LogP contribution is 2.20. The van der Waals surface area contributed by atoms with Crippen molar-refractivity contribution in [2.75, 3.05) is 18.4 Å². The van der Waals surface area contributed by atoms with Gasteiger partial charge in [-0.2, -0.15) is 5.10 Å². The molecule has 1 aliphatic heterocycles. The number of para-hydroxylation sites is 1. The van der Waals surface area contributed by atoms with Gasteiger partial charge in [0.2, 0.25) is 5.91 Å². The van der Waals surface area contributed by atoms with Crippen LogP contribution in [0.3, 0.4) is 0 Å². The molecule has 1 atom stereocenters. The molecule has 1 N–H and O–H groups in total. The van der Waals surface area contributed by atoms with E-state index in [4.69, 9.17) is 0 Å². The maximum Gasteiger partial charge on any atom is 0.228 e. The Labute approximate surface area is 161 Å². The molecular weight excluding hydrogens is 354 g/mol. The lowest BCUT2D eigenvalue weighted by Crippen LogP contribution is -2.33. The van der Waals surface area contributed by atoms with Crippen LogP contribution in [0.5, 0.6) is 0 Å². The van der Waals surface area contributed by atoms with Crippen LogP contribution < -0.4 is 5.32 Å². The molecule has 4 aromatic rings. The minimum Gasteiger partial charge on any atom is -0.364 e. The SMILES string of the molecule is Cn1nc(CC(=O)N2CC[C@H](Nc3ccc4nccn4n3)C2)c2ccccc21. The first-order valence-corrected chi connectivity index (χ1v) is 9.43. The third-order valence-corrected chi connectivity index (χ3v) is 5.30. The smallest absolute Gasteiger partial charge is 0.228 e. The van der Waals surface area contributed by atoms with Crippen LogP contribution in [0.25, 0.3) is 16.6 Å². The fourth-order valence-electron chi connectivity index (χ4n) is 3.88. The maximum absolute atomic E-state index is 12.8. The zero-order valence-electron chi connectivity index (χ0n) is 15.6. The van der Waals surface area contributed by atoms with E-state index in [1.165, 1.54) is 0 Å². The Morgan fingerprint density at radius 1 is 1.21 bits per heavy atom. The Bertz CT molecular complexity index is 1160. The highest BCUT2D eigenvalue weighted by atomic mass is 16.2. The minimum absolute atomic E-state index is 0.117. The highest BCUT2D eigenvalue weighted by molar-refractivity contribution is 5.87. The number of nitrogens with zero attached hydrogens (tertiary/aromatic N) is 6. The Balaban J connectivity index is 1.25. The van der Waals surface area contributed by atoms with Gasteiger partial charge in [0.1, 0.15) is 5.82 Å². The molecule has 28 heavy (non-hydrogen) atoms. The lowest BCUT2D eigenvalue weighted by atomic mass is 10.1. The van der Waals surface area contributed by atoms with Gasteiger partial charge < -0.3 is 10.2 Å². The van der Waals surface area contributed by atoms with Crippen molar-refractivity contribution in [3.8, 4) is 0 Å². The van der Waals surface area contributed by atoms with E-state index < -0.39 is 0 Å². The van der Waals surface area contributed by atoms with Crippen LogP contribution in [0.2, 0.25) is 0 Å². The molecule has 1 aromatic carbocycles. The number of aromatic nitrogens is 5. The molecule has 4 heterocycles. The Kier molecular flexibility index (Phi) is 3.96. The van der Waals surface area contributed by atoms with E-state index in [0.717, 1.165) is 41.0 Å². The Hall–Kier alpha value is -3.42. The van der Waals surface area contributed by atoms with Crippen LogP contribution >= 0.6 is 0 Å². The van der Waals surface area contributed by atoms with Crippen molar-refractivity contribution in [2.24, 2.45) is 7.05 Å². The number of aryl methyl sites for hydroxylation is 1. The average molecular weight is 375 g/mol. The van der Waals surface area contributed by atoms with Crippen molar-refractivity contribution in [3.63, 3.8) is 0 Å². The molecule has 1 aliphatic rings. The lowest BCUT2D eigenvalue weighted by Gasteiger charge is -2.17. The van der Waals surface area contributed by atoms with Crippen LogP contribution in [0.4, 0.5) is 5.82 Å². The molecular formula is C20H21N7O. The van der Waals surface area contributed by atoms with Gasteiger partial charge in [-0.05, 0) is 24.6 Å². The van der Waals surface area contributed by atoms with Gasteiger partial charge in [0.05, 0.1) is 17.6 Å². The molecule has 8 heteroatoms. The summed E-state index contributed by atoms with van der Waals surface area (Å²) in [6.45, 7) is 1.42. The molecule has 1 fully saturated rings. The first-order valence-electron chi connectivity index (χ1n) is 9.43. The monoisotopic (exact) mass is 375 g/mol. The number of carbonyl (C=O) groups is 1. The maximum atomic E-state index is 12.8. The second-order valence-corrected chi connectivity index (χ2v) is 7.18. The first-order chi connectivity index (χ1) is 13.7. The van der Waals surface area contributed by atoms with E-state index in [0.29, 0.717) is 13.0 Å². The van der Waals surface area contributed by atoms with E-state index in [9.17, 15) is 4.79 Å². The molecule has 0 aliphatic carbocycles. The number of hydrogen-bond acceptors (Lipinski definition) is 5. The molecule has 1 saturated heterocycles. The highest BCUT2D eigenvalue weighted by Gasteiger charge is 2.27. The molecule has 0 radical (unpaired) electrons. The van der Waals surface area contributed by atoms with Gasteiger partial charge in [-0.3, -0.25) is 9.48 Å². The lowest BCUT2D eigenvalue weighted by molar-refractivity contribution is -0.129. The number of fused-ring (bicyclic) bond motifs is 2. The normalized spacial score (nSPS) is 16.9. The van der Waals surface area contributed by atoms with Crippen LogP contribution in [-0.2, 0) is 18.3 Å². The topological polar surface area (TPSA) is 80.4 Å². The number of benzene rings is 1. The van der Waals surface area contributed by atoms with Crippen LogP contribution in [-0.4, -0.2) is 54.3 Å². The molecule has 3 aromatic heterocycles. The van der Waals surface area contributed by atoms with Gasteiger partial charge >= 0.3 is 0 Å². The molecule has 1 amide bonds. The van der Waals surface area contributed by atoms with Gasteiger partial charge in [0.25, 0.3) is 0 Å². The second-order valence-electron chi connectivity index (χ2n) is 7.18. The second kappa shape index (κ2) is 6.63. The van der Waals surface area contributed by atoms with E-state index in [2.05, 4.69) is 20.5 Å². The molecule has 5 rings (SSSR count). The number of likely N-dealkylation sites (tertiary alicyclic amines) is 1. The van der Waals surface area contributed by atoms with Gasteiger partial charge in [-0.1, -0.05) is 18.2 Å². The van der Waals surface area contributed by atoms with Crippen molar-refractivity contribution < 1.29 is 4.79 Å². The van der Waals surface area contributed by atoms with Crippen molar-refractivity contribution >= 4 is 28.3 Å². The molecule has 0 unspecified atom stereocenters. The van der Waals surface area contributed by atoms with E-state index in [1.807, 2.05) is 59.2 Å². The molecule has 0 bridgehead atoms. The van der Waals surface area contributed by atoms with E-state index >= 15 is 0 Å². The fourth-order valence-corrected chi connectivity index (χ4v) is 3.88. The van der Waals surface area contributed by atoms with E-state index in [-0.39, 0.29) is 11.9 Å². The first kappa shape index (κ1) is 16.7. The van der Waals surface area contributed by atoms with Gasteiger partial charge in [-0.15, -0.1) is 5.10 Å². The average Bonchev–Trinajstić information content (AvgIpc) is 3.42.